The molecular formula is C12H28LiSn. The second-order valence-electron chi connectivity index (χ2n) is 4.29. The standard InChI is InChI=1S/3C4H9.Li.Sn.H/c3*1-3-4-2;;;/h3*1,3-4H2,2H3;;;. The molecule has 0 spiro atoms. The quantitative estimate of drug-likeness (QED) is 0.559. The summed E-state index contributed by atoms with van der Waals surface area (Å²) in [6.45, 7) is 7.01. The van der Waals surface area contributed by atoms with Crippen molar-refractivity contribution in [3.63, 3.8) is 0 Å². The molecule has 0 atom stereocenters. The summed E-state index contributed by atoms with van der Waals surface area (Å²) in [5, 5.41) is 0. The van der Waals surface area contributed by atoms with E-state index in [-0.39, 0.29) is 18.9 Å². The van der Waals surface area contributed by atoms with Crippen molar-refractivity contribution in [2.75, 3.05) is 0 Å². The molecule has 0 aliphatic carbocycles. The Morgan fingerprint density at radius 1 is 0.643 bits per heavy atom. The van der Waals surface area contributed by atoms with E-state index in [9.17, 15) is 0 Å². The predicted octanol–water partition coefficient (Wildman–Crippen LogP) is 4.23. The Hall–Kier alpha value is 1.40. The van der Waals surface area contributed by atoms with Gasteiger partial charge in [0, 0.05) is 18.9 Å². The molecule has 0 aromatic rings. The summed E-state index contributed by atoms with van der Waals surface area (Å²) in [7, 11) is 0. The Labute approximate surface area is 111 Å². The van der Waals surface area contributed by atoms with Crippen LogP contribution in [0.3, 0.4) is 0 Å². The van der Waals surface area contributed by atoms with Crippen LogP contribution in [0.5, 0.6) is 0 Å². The van der Waals surface area contributed by atoms with Crippen LogP contribution in [-0.4, -0.2) is 38.6 Å². The van der Waals surface area contributed by atoms with E-state index in [0.717, 1.165) is 0 Å². The Kier molecular flexibility index (Phi) is 18.3. The molecule has 0 amide bonds. The SMILES string of the molecule is CCC[CH2][SnH]([CH2]CCC)[CH2]CCC.[Li]. The van der Waals surface area contributed by atoms with Crippen molar-refractivity contribution < 1.29 is 0 Å². The van der Waals surface area contributed by atoms with Crippen LogP contribution in [0.2, 0.25) is 13.3 Å². The van der Waals surface area contributed by atoms with Gasteiger partial charge in [0.2, 0.25) is 0 Å². The molecular weight excluding hydrogens is 270 g/mol. The van der Waals surface area contributed by atoms with Gasteiger partial charge in [-0.3, -0.25) is 0 Å². The molecule has 2 heteroatoms. The van der Waals surface area contributed by atoms with Gasteiger partial charge in [-0.25, -0.2) is 0 Å². The Bertz CT molecular complexity index is 77.3. The Morgan fingerprint density at radius 3 is 1.14 bits per heavy atom. The number of hydrogen-bond donors (Lipinski definition) is 0. The summed E-state index contributed by atoms with van der Waals surface area (Å²) in [4.78, 5) is 0. The molecule has 0 aliphatic heterocycles. The van der Waals surface area contributed by atoms with Gasteiger partial charge in [-0.1, -0.05) is 0 Å². The van der Waals surface area contributed by atoms with Gasteiger partial charge in [-0.2, -0.15) is 0 Å². The molecule has 0 nitrogen and oxygen atoms in total. The van der Waals surface area contributed by atoms with Gasteiger partial charge in [0.25, 0.3) is 0 Å². The smallest absolute Gasteiger partial charge is 0 e. The summed E-state index contributed by atoms with van der Waals surface area (Å²) in [6.07, 6.45) is 8.87. The zero-order valence-corrected chi connectivity index (χ0v) is 14.2. The van der Waals surface area contributed by atoms with Crippen LogP contribution in [0.25, 0.3) is 0 Å². The van der Waals surface area contributed by atoms with E-state index in [1.807, 2.05) is 0 Å². The van der Waals surface area contributed by atoms with E-state index in [1.165, 1.54) is 38.5 Å². The second-order valence-corrected chi connectivity index (χ2v) is 14.2. The maximum Gasteiger partial charge on any atom is 0 e. The van der Waals surface area contributed by atoms with Crippen molar-refractivity contribution in [1.29, 1.82) is 0 Å². The molecule has 0 rings (SSSR count). The van der Waals surface area contributed by atoms with E-state index in [0.29, 0.717) is 0 Å². The van der Waals surface area contributed by atoms with Crippen LogP contribution in [0.1, 0.15) is 59.3 Å². The zero-order valence-electron chi connectivity index (χ0n) is 10.9. The van der Waals surface area contributed by atoms with Crippen molar-refractivity contribution in [3.8, 4) is 0 Å². The molecule has 0 aromatic heterocycles. The van der Waals surface area contributed by atoms with Gasteiger partial charge in [0.1, 0.15) is 0 Å². The summed E-state index contributed by atoms with van der Waals surface area (Å²) in [6, 6.07) is 0. The van der Waals surface area contributed by atoms with Crippen molar-refractivity contribution in [2.24, 2.45) is 0 Å². The maximum atomic E-state index is 2.34. The van der Waals surface area contributed by atoms with E-state index in [2.05, 4.69) is 20.8 Å². The first-order valence-corrected chi connectivity index (χ1v) is 13.3. The minimum absolute atomic E-state index is 0. The van der Waals surface area contributed by atoms with E-state index >= 15 is 0 Å². The number of hydrogen-bond acceptors (Lipinski definition) is 0. The van der Waals surface area contributed by atoms with Gasteiger partial charge < -0.3 is 0 Å². The van der Waals surface area contributed by atoms with Gasteiger partial charge in [-0.15, -0.1) is 0 Å². The molecule has 0 N–H and O–H groups in total. The number of unbranched alkanes of at least 4 members (excludes halogenated alkanes) is 3. The van der Waals surface area contributed by atoms with Crippen molar-refractivity contribution >= 4 is 38.6 Å². The predicted molar refractivity (Wildman–Crippen MR) is 72.0 cm³/mol. The van der Waals surface area contributed by atoms with Crippen LogP contribution >= 0.6 is 0 Å². The van der Waals surface area contributed by atoms with E-state index in [1.54, 1.807) is 13.3 Å². The fourth-order valence-electron chi connectivity index (χ4n) is 1.91. The molecule has 0 saturated heterocycles. The molecule has 0 bridgehead atoms. The van der Waals surface area contributed by atoms with Gasteiger partial charge in [-0.05, 0) is 0 Å². The van der Waals surface area contributed by atoms with Crippen molar-refractivity contribution in [2.45, 2.75) is 72.6 Å². The minimum atomic E-state index is -0.967. The average molecular weight is 298 g/mol. The number of rotatable bonds is 9. The third-order valence-electron chi connectivity index (χ3n) is 2.90. The average Bonchev–Trinajstić information content (AvgIpc) is 2.17. The monoisotopic (exact) mass is 299 g/mol. The first-order valence-electron chi connectivity index (χ1n) is 6.35. The molecule has 0 aromatic carbocycles. The van der Waals surface area contributed by atoms with Gasteiger partial charge in [0.15, 0.2) is 0 Å². The summed E-state index contributed by atoms with van der Waals surface area (Å²) >= 11 is -0.967. The molecule has 0 fully saturated rings. The van der Waals surface area contributed by atoms with Crippen LogP contribution < -0.4 is 0 Å². The molecule has 81 valence electrons. The van der Waals surface area contributed by atoms with Gasteiger partial charge >= 0.3 is 92.4 Å². The first kappa shape index (κ1) is 17.8. The van der Waals surface area contributed by atoms with Gasteiger partial charge in [0.05, 0.1) is 0 Å². The zero-order chi connectivity index (χ0) is 9.94. The normalized spacial score (nSPS) is 10.3. The maximum absolute atomic E-state index is 2.34. The fraction of sp³-hybridized carbons (Fsp3) is 1.00. The third kappa shape index (κ3) is 11.5. The largest absolute Gasteiger partial charge is 0 e. The summed E-state index contributed by atoms with van der Waals surface area (Å²) in [5.74, 6) is 0. The Morgan fingerprint density at radius 2 is 0.929 bits per heavy atom. The molecule has 14 heavy (non-hydrogen) atoms. The second kappa shape index (κ2) is 14.4. The van der Waals surface area contributed by atoms with Crippen LogP contribution in [0.15, 0.2) is 0 Å². The van der Waals surface area contributed by atoms with E-state index in [4.69, 9.17) is 0 Å². The van der Waals surface area contributed by atoms with Crippen molar-refractivity contribution in [1.82, 2.24) is 0 Å². The molecule has 1 radical (unpaired) electrons. The van der Waals surface area contributed by atoms with Crippen LogP contribution in [-0.2, 0) is 0 Å². The van der Waals surface area contributed by atoms with Crippen molar-refractivity contribution in [3.05, 3.63) is 0 Å². The molecule has 0 heterocycles. The summed E-state index contributed by atoms with van der Waals surface area (Å²) < 4.78 is 5.08. The topological polar surface area (TPSA) is 0 Å². The molecule has 0 saturated carbocycles. The summed E-state index contributed by atoms with van der Waals surface area (Å²) in [5.41, 5.74) is 0. The third-order valence-corrected chi connectivity index (χ3v) is 13.4. The van der Waals surface area contributed by atoms with Crippen LogP contribution in [0.4, 0.5) is 0 Å². The fourth-order valence-corrected chi connectivity index (χ4v) is 12.8. The Balaban J connectivity index is 0. The van der Waals surface area contributed by atoms with E-state index < -0.39 is 19.8 Å². The van der Waals surface area contributed by atoms with Crippen LogP contribution in [0, 0.1) is 0 Å². The minimum Gasteiger partial charge on any atom is 0 e. The first-order chi connectivity index (χ1) is 6.35. The molecule has 0 aliphatic rings. The molecule has 0 unspecified atom stereocenters.